The third-order valence-corrected chi connectivity index (χ3v) is 5.24. The van der Waals surface area contributed by atoms with E-state index < -0.39 is 6.10 Å². The molecule has 1 aromatic heterocycles. The molecule has 1 aliphatic carbocycles. The Balaban J connectivity index is 1.67. The molecule has 22 heavy (non-hydrogen) atoms. The van der Waals surface area contributed by atoms with Crippen LogP contribution in [0.15, 0.2) is 23.0 Å². The van der Waals surface area contributed by atoms with Gasteiger partial charge in [0.25, 0.3) is 0 Å². The number of aliphatic hydroxyl groups excluding tert-OH is 1. The van der Waals surface area contributed by atoms with E-state index in [4.69, 9.17) is 0 Å². The lowest BCUT2D eigenvalue weighted by atomic mass is 9.92. The van der Waals surface area contributed by atoms with Crippen molar-refractivity contribution < 1.29 is 5.11 Å². The Morgan fingerprint density at radius 2 is 2.00 bits per heavy atom. The van der Waals surface area contributed by atoms with Crippen LogP contribution in [0.4, 0.5) is 0 Å². The van der Waals surface area contributed by atoms with E-state index in [1.165, 1.54) is 32.1 Å². The van der Waals surface area contributed by atoms with Crippen LogP contribution in [-0.2, 0) is 6.54 Å². The van der Waals surface area contributed by atoms with Gasteiger partial charge in [-0.15, -0.1) is 0 Å². The highest BCUT2D eigenvalue weighted by Crippen LogP contribution is 2.30. The van der Waals surface area contributed by atoms with Crippen molar-refractivity contribution in [2.24, 2.45) is 0 Å². The SMILES string of the molecule is O=c1[nH]c2cccc3c2n1CCC(NC1CCCCC1)C3O. The minimum absolute atomic E-state index is 0.0213. The average molecular weight is 301 g/mol. The van der Waals surface area contributed by atoms with Crippen LogP contribution in [0, 0.1) is 0 Å². The van der Waals surface area contributed by atoms with Gasteiger partial charge in [0.2, 0.25) is 0 Å². The van der Waals surface area contributed by atoms with Crippen LogP contribution in [0.1, 0.15) is 50.2 Å². The molecule has 2 atom stereocenters. The number of benzene rings is 1. The maximum absolute atomic E-state index is 12.1. The molecule has 2 aromatic rings. The summed E-state index contributed by atoms with van der Waals surface area (Å²) < 4.78 is 1.77. The summed E-state index contributed by atoms with van der Waals surface area (Å²) in [5, 5.41) is 14.5. The maximum Gasteiger partial charge on any atom is 0.326 e. The van der Waals surface area contributed by atoms with E-state index in [2.05, 4.69) is 10.3 Å². The van der Waals surface area contributed by atoms with E-state index in [1.54, 1.807) is 4.57 Å². The number of para-hydroxylation sites is 1. The fourth-order valence-corrected chi connectivity index (χ4v) is 4.09. The lowest BCUT2D eigenvalue weighted by Gasteiger charge is -2.30. The van der Waals surface area contributed by atoms with Crippen LogP contribution < -0.4 is 11.0 Å². The van der Waals surface area contributed by atoms with Crippen molar-refractivity contribution in [1.29, 1.82) is 0 Å². The number of aliphatic hydroxyl groups is 1. The Morgan fingerprint density at radius 1 is 1.18 bits per heavy atom. The van der Waals surface area contributed by atoms with Gasteiger partial charge in [0, 0.05) is 24.2 Å². The Hall–Kier alpha value is -1.59. The number of nitrogens with zero attached hydrogens (tertiary/aromatic N) is 1. The number of aryl methyl sites for hydroxylation is 1. The van der Waals surface area contributed by atoms with E-state index in [9.17, 15) is 9.90 Å². The first-order chi connectivity index (χ1) is 10.7. The molecule has 5 heteroatoms. The molecule has 0 bridgehead atoms. The second-order valence-corrected chi connectivity index (χ2v) is 6.67. The van der Waals surface area contributed by atoms with Crippen molar-refractivity contribution in [1.82, 2.24) is 14.9 Å². The largest absolute Gasteiger partial charge is 0.387 e. The zero-order valence-corrected chi connectivity index (χ0v) is 12.7. The molecule has 4 rings (SSSR count). The molecule has 118 valence electrons. The third-order valence-electron chi connectivity index (χ3n) is 5.24. The molecule has 2 aliphatic rings. The molecule has 1 aliphatic heterocycles. The first-order valence-corrected chi connectivity index (χ1v) is 8.39. The summed E-state index contributed by atoms with van der Waals surface area (Å²) in [7, 11) is 0. The molecule has 2 heterocycles. The van der Waals surface area contributed by atoms with Crippen molar-refractivity contribution in [3.63, 3.8) is 0 Å². The van der Waals surface area contributed by atoms with Crippen LogP contribution in [0.5, 0.6) is 0 Å². The van der Waals surface area contributed by atoms with Gasteiger partial charge in [0.05, 0.1) is 17.1 Å². The third kappa shape index (κ3) is 2.29. The standard InChI is InChI=1S/C17H23N3O2/c21-16-12-7-4-8-13-15(12)20(17(22)19-13)10-9-14(16)18-11-5-2-1-3-6-11/h4,7-8,11,14,16,18,21H,1-3,5-6,9-10H2,(H,19,22). The number of nitrogens with one attached hydrogen (secondary N) is 2. The minimum atomic E-state index is -0.561. The number of hydrogen-bond donors (Lipinski definition) is 3. The van der Waals surface area contributed by atoms with Crippen LogP contribution in [0.25, 0.3) is 11.0 Å². The number of aromatic amines is 1. The van der Waals surface area contributed by atoms with Crippen molar-refractivity contribution in [2.45, 2.75) is 63.3 Å². The molecule has 0 amide bonds. The number of hydrogen-bond acceptors (Lipinski definition) is 3. The van der Waals surface area contributed by atoms with Gasteiger partial charge in [0.15, 0.2) is 0 Å². The van der Waals surface area contributed by atoms with Crippen LogP contribution in [0.2, 0.25) is 0 Å². The van der Waals surface area contributed by atoms with Crippen molar-refractivity contribution in [2.75, 3.05) is 0 Å². The lowest BCUT2D eigenvalue weighted by Crippen LogP contribution is -2.43. The number of aromatic nitrogens is 2. The predicted octanol–water partition coefficient (Wildman–Crippen LogP) is 2.06. The molecule has 1 saturated carbocycles. The topological polar surface area (TPSA) is 70.0 Å². The summed E-state index contributed by atoms with van der Waals surface area (Å²) in [5.41, 5.74) is 2.47. The lowest BCUT2D eigenvalue weighted by molar-refractivity contribution is 0.114. The van der Waals surface area contributed by atoms with Gasteiger partial charge in [-0.3, -0.25) is 4.57 Å². The van der Waals surface area contributed by atoms with Crippen LogP contribution in [-0.4, -0.2) is 26.7 Å². The number of rotatable bonds is 2. The van der Waals surface area contributed by atoms with Crippen molar-refractivity contribution in [3.05, 3.63) is 34.2 Å². The number of imidazole rings is 1. The summed E-state index contributed by atoms with van der Waals surface area (Å²) >= 11 is 0. The van der Waals surface area contributed by atoms with Gasteiger partial charge < -0.3 is 15.4 Å². The first kappa shape index (κ1) is 14.0. The highest BCUT2D eigenvalue weighted by Gasteiger charge is 2.30. The summed E-state index contributed by atoms with van der Waals surface area (Å²) in [4.78, 5) is 15.0. The van der Waals surface area contributed by atoms with Gasteiger partial charge in [0.1, 0.15) is 0 Å². The Kier molecular flexibility index (Phi) is 3.54. The Bertz CT molecular complexity index is 727. The van der Waals surface area contributed by atoms with Crippen LogP contribution >= 0.6 is 0 Å². The van der Waals surface area contributed by atoms with Gasteiger partial charge in [-0.2, -0.15) is 0 Å². The monoisotopic (exact) mass is 301 g/mol. The molecule has 5 nitrogen and oxygen atoms in total. The summed E-state index contributed by atoms with van der Waals surface area (Å²) in [6.07, 6.45) is 6.48. The van der Waals surface area contributed by atoms with E-state index in [-0.39, 0.29) is 11.7 Å². The van der Waals surface area contributed by atoms with E-state index in [0.717, 1.165) is 23.0 Å². The molecule has 1 fully saturated rings. The second kappa shape index (κ2) is 5.56. The van der Waals surface area contributed by atoms with E-state index >= 15 is 0 Å². The molecule has 1 aromatic carbocycles. The Morgan fingerprint density at radius 3 is 2.82 bits per heavy atom. The van der Waals surface area contributed by atoms with E-state index in [1.807, 2.05) is 18.2 Å². The molecule has 0 saturated heterocycles. The molecular formula is C17H23N3O2. The first-order valence-electron chi connectivity index (χ1n) is 8.39. The zero-order valence-electron chi connectivity index (χ0n) is 12.7. The second-order valence-electron chi connectivity index (χ2n) is 6.67. The minimum Gasteiger partial charge on any atom is -0.387 e. The molecule has 0 spiro atoms. The molecular weight excluding hydrogens is 278 g/mol. The van der Waals surface area contributed by atoms with Gasteiger partial charge in [-0.25, -0.2) is 4.79 Å². The van der Waals surface area contributed by atoms with Gasteiger partial charge in [-0.05, 0) is 25.3 Å². The molecule has 3 N–H and O–H groups in total. The highest BCUT2D eigenvalue weighted by molar-refractivity contribution is 5.79. The normalized spacial score (nSPS) is 26.2. The van der Waals surface area contributed by atoms with Crippen molar-refractivity contribution in [3.8, 4) is 0 Å². The van der Waals surface area contributed by atoms with Gasteiger partial charge >= 0.3 is 5.69 Å². The molecule has 2 unspecified atom stereocenters. The highest BCUT2D eigenvalue weighted by atomic mass is 16.3. The summed E-state index contributed by atoms with van der Waals surface area (Å²) in [6.45, 7) is 0.650. The maximum atomic E-state index is 12.1. The summed E-state index contributed by atoms with van der Waals surface area (Å²) in [5.74, 6) is 0. The Labute approximate surface area is 129 Å². The van der Waals surface area contributed by atoms with Crippen molar-refractivity contribution >= 4 is 11.0 Å². The predicted molar refractivity (Wildman–Crippen MR) is 85.9 cm³/mol. The van der Waals surface area contributed by atoms with Gasteiger partial charge in [-0.1, -0.05) is 31.4 Å². The summed E-state index contributed by atoms with van der Waals surface area (Å²) in [6, 6.07) is 6.27. The zero-order chi connectivity index (χ0) is 15.1. The smallest absolute Gasteiger partial charge is 0.326 e. The van der Waals surface area contributed by atoms with Crippen LogP contribution in [0.3, 0.4) is 0 Å². The number of H-pyrrole nitrogens is 1. The fraction of sp³-hybridized carbons (Fsp3) is 0.588. The van der Waals surface area contributed by atoms with E-state index in [0.29, 0.717) is 12.6 Å². The quantitative estimate of drug-likeness (QED) is 0.795. The fourth-order valence-electron chi connectivity index (χ4n) is 4.09. The average Bonchev–Trinajstić information content (AvgIpc) is 2.79. The molecule has 0 radical (unpaired) electrons.